The van der Waals surface area contributed by atoms with E-state index in [0.717, 1.165) is 33.7 Å². The van der Waals surface area contributed by atoms with Gasteiger partial charge in [0.25, 0.3) is 0 Å². The molecule has 3 nitrogen and oxygen atoms in total. The average molecular weight is 761 g/mol. The molecule has 0 aliphatic rings. The summed E-state index contributed by atoms with van der Waals surface area (Å²) in [4.78, 5) is 9.20. The van der Waals surface area contributed by atoms with Gasteiger partial charge in [-0.2, -0.15) is 0 Å². The number of para-hydroxylation sites is 1. The van der Waals surface area contributed by atoms with Gasteiger partial charge in [-0.05, 0) is 47.8 Å². The zero-order chi connectivity index (χ0) is 30.0. The quantitative estimate of drug-likeness (QED) is 0.130. The van der Waals surface area contributed by atoms with Crippen LogP contribution in [-0.4, -0.2) is 18.0 Å². The van der Waals surface area contributed by atoms with Crippen LogP contribution in [0.1, 0.15) is 56.2 Å². The molecule has 0 aliphatic carbocycles. The normalized spacial score (nSPS) is 11.5. The average Bonchev–Trinajstić information content (AvgIpc) is 3.36. The predicted octanol–water partition coefficient (Wildman–Crippen LogP) is 10.1. The molecule has 6 aromatic rings. The van der Waals surface area contributed by atoms with Gasteiger partial charge in [0, 0.05) is 46.0 Å². The van der Waals surface area contributed by atoms with Crippen LogP contribution in [0.15, 0.2) is 89.6 Å². The van der Waals surface area contributed by atoms with Crippen molar-refractivity contribution in [1.82, 2.24) is 9.97 Å². The van der Waals surface area contributed by atoms with Gasteiger partial charge in [-0.1, -0.05) is 99.7 Å². The Morgan fingerprint density at radius 3 is 2.23 bits per heavy atom. The van der Waals surface area contributed by atoms with E-state index in [2.05, 4.69) is 108 Å². The van der Waals surface area contributed by atoms with Crippen LogP contribution in [0.25, 0.3) is 44.5 Å². The summed E-state index contributed by atoms with van der Waals surface area (Å²) in [6.07, 6.45) is 3.84. The Hall–Kier alpha value is -3.37. The van der Waals surface area contributed by atoms with Gasteiger partial charge in [0.05, 0.1) is 5.58 Å². The molecule has 5 heteroatoms. The Morgan fingerprint density at radius 1 is 0.837 bits per heavy atom. The van der Waals surface area contributed by atoms with Crippen molar-refractivity contribution in [2.75, 3.05) is 0 Å². The second kappa shape index (κ2) is 13.5. The van der Waals surface area contributed by atoms with Crippen molar-refractivity contribution in [3.8, 4) is 22.5 Å². The number of aryl methyl sites for hydroxylation is 1. The zero-order valence-corrected chi connectivity index (χ0v) is 29.8. The molecule has 3 aromatic heterocycles. The molecule has 3 aromatic carbocycles. The summed E-state index contributed by atoms with van der Waals surface area (Å²) in [6, 6.07) is 31.5. The van der Waals surface area contributed by atoms with E-state index in [1.54, 1.807) is 0 Å². The number of aromatic nitrogens is 2. The van der Waals surface area contributed by atoms with E-state index in [1.807, 2.05) is 48.8 Å². The van der Waals surface area contributed by atoms with E-state index in [9.17, 15) is 0 Å². The minimum Gasteiger partial charge on any atom is -0.501 e. The van der Waals surface area contributed by atoms with Crippen LogP contribution in [0, 0.1) is 19.1 Å². The van der Waals surface area contributed by atoms with Gasteiger partial charge in [-0.3, -0.25) is 0 Å². The molecule has 0 bridgehead atoms. The third-order valence-electron chi connectivity index (χ3n) is 7.62. The molecule has 1 radical (unpaired) electrons. The molecule has 0 saturated heterocycles. The maximum atomic E-state index is 6.44. The van der Waals surface area contributed by atoms with Crippen LogP contribution < -0.4 is 5.19 Å². The van der Waals surface area contributed by atoms with Gasteiger partial charge in [0.15, 0.2) is 0 Å². The van der Waals surface area contributed by atoms with Gasteiger partial charge in [-0.25, -0.2) is 0 Å². The van der Waals surface area contributed by atoms with Crippen LogP contribution in [0.3, 0.4) is 0 Å². The molecule has 0 amide bonds. The Kier molecular flexibility index (Phi) is 10.2. The molecule has 0 unspecified atom stereocenters. The van der Waals surface area contributed by atoms with Crippen LogP contribution in [-0.2, 0) is 20.1 Å². The molecule has 223 valence electrons. The summed E-state index contributed by atoms with van der Waals surface area (Å²) in [5, 5.41) is 3.84. The smallest absolute Gasteiger partial charge is 0.120 e. The fourth-order valence-corrected chi connectivity index (χ4v) is 6.74. The summed E-state index contributed by atoms with van der Waals surface area (Å²) < 4.78 is 6.44. The number of hydrogen-bond acceptors (Lipinski definition) is 3. The molecular formula is C38H40IrN2OSi-2. The maximum absolute atomic E-state index is 6.44. The van der Waals surface area contributed by atoms with Gasteiger partial charge < -0.3 is 14.4 Å². The number of pyridine rings is 2. The van der Waals surface area contributed by atoms with Crippen LogP contribution in [0.5, 0.6) is 0 Å². The third-order valence-corrected chi connectivity index (χ3v) is 9.64. The number of fused-ring (bicyclic) bond motifs is 3. The third kappa shape index (κ3) is 7.07. The van der Waals surface area contributed by atoms with E-state index in [4.69, 9.17) is 9.40 Å². The van der Waals surface area contributed by atoms with E-state index < -0.39 is 8.07 Å². The van der Waals surface area contributed by atoms with E-state index in [0.29, 0.717) is 11.8 Å². The Balaban J connectivity index is 0.000000253. The molecule has 43 heavy (non-hydrogen) atoms. The number of hydrogen-bond donors (Lipinski definition) is 0. The molecule has 0 fully saturated rings. The SMILES string of the molecule is CC(C)c1cnc(-c2[c-]cc([Si](C)(C)C)c3c2oc2ccccc23)c(C(C)C)c1.Cc1ccnc(-c2[c-]cccc2)c1.[Ir]. The number of benzene rings is 3. The summed E-state index contributed by atoms with van der Waals surface area (Å²) in [6.45, 7) is 18.1. The Bertz CT molecular complexity index is 1830. The molecule has 6 rings (SSSR count). The van der Waals surface area contributed by atoms with E-state index in [1.165, 1.54) is 32.6 Å². The van der Waals surface area contributed by atoms with Crippen molar-refractivity contribution in [1.29, 1.82) is 0 Å². The molecule has 0 saturated carbocycles. The summed E-state index contributed by atoms with van der Waals surface area (Å²) in [5.74, 6) is 0.833. The van der Waals surface area contributed by atoms with E-state index >= 15 is 0 Å². The number of furan rings is 1. The monoisotopic (exact) mass is 761 g/mol. The fourth-order valence-electron chi connectivity index (χ4n) is 5.24. The van der Waals surface area contributed by atoms with Gasteiger partial charge in [0.2, 0.25) is 0 Å². The first-order valence-electron chi connectivity index (χ1n) is 14.8. The molecule has 0 aliphatic heterocycles. The maximum Gasteiger partial charge on any atom is 0.120 e. The summed E-state index contributed by atoms with van der Waals surface area (Å²) in [7, 11) is -1.57. The molecular weight excluding hydrogens is 721 g/mol. The summed E-state index contributed by atoms with van der Waals surface area (Å²) in [5.41, 5.74) is 9.64. The predicted molar refractivity (Wildman–Crippen MR) is 180 cm³/mol. The van der Waals surface area contributed by atoms with Crippen molar-refractivity contribution >= 4 is 35.2 Å². The minimum atomic E-state index is -1.57. The topological polar surface area (TPSA) is 38.9 Å². The number of nitrogens with zero attached hydrogens (tertiary/aromatic N) is 2. The molecule has 0 N–H and O–H groups in total. The van der Waals surface area contributed by atoms with E-state index in [-0.39, 0.29) is 20.1 Å². The van der Waals surface area contributed by atoms with Gasteiger partial charge >= 0.3 is 0 Å². The Morgan fingerprint density at radius 2 is 1.58 bits per heavy atom. The number of rotatable bonds is 5. The molecule has 3 heterocycles. The van der Waals surface area contributed by atoms with Gasteiger partial charge in [0.1, 0.15) is 5.58 Å². The molecule has 0 atom stereocenters. The second-order valence-electron chi connectivity index (χ2n) is 12.6. The first-order chi connectivity index (χ1) is 20.0. The Labute approximate surface area is 271 Å². The van der Waals surface area contributed by atoms with Crippen molar-refractivity contribution in [3.05, 3.63) is 114 Å². The van der Waals surface area contributed by atoms with Crippen molar-refractivity contribution in [2.45, 2.75) is 66.1 Å². The van der Waals surface area contributed by atoms with Gasteiger partial charge in [-0.15, -0.1) is 53.2 Å². The van der Waals surface area contributed by atoms with Crippen LogP contribution >= 0.6 is 0 Å². The van der Waals surface area contributed by atoms with Crippen LogP contribution in [0.2, 0.25) is 19.6 Å². The standard InChI is InChI=1S/C26H30NOSi.C12H10N.Ir/c1-16(2)18-14-21(17(3)4)25(27-15-18)20-12-13-23(29(5,6)7)24-19-10-8-9-11-22(19)28-26(20)24;1-10-7-8-13-12(9-10)11-5-3-2-4-6-11;/h8-11,13-17H,1-7H3;2-5,7-9H,1H3;/q2*-1;. The largest absolute Gasteiger partial charge is 0.501 e. The minimum absolute atomic E-state index is 0. The molecule has 0 spiro atoms. The zero-order valence-electron chi connectivity index (χ0n) is 26.4. The van der Waals surface area contributed by atoms with Crippen molar-refractivity contribution in [2.24, 2.45) is 0 Å². The van der Waals surface area contributed by atoms with Crippen molar-refractivity contribution < 1.29 is 24.5 Å². The van der Waals surface area contributed by atoms with Crippen LogP contribution in [0.4, 0.5) is 0 Å². The fraction of sp³-hybridized carbons (Fsp3) is 0.263. The first kappa shape index (κ1) is 32.5. The first-order valence-corrected chi connectivity index (χ1v) is 18.3. The summed E-state index contributed by atoms with van der Waals surface area (Å²) >= 11 is 0. The second-order valence-corrected chi connectivity index (χ2v) is 17.7. The van der Waals surface area contributed by atoms with Crippen molar-refractivity contribution in [3.63, 3.8) is 0 Å².